The first kappa shape index (κ1) is 19.5. The first-order valence-corrected chi connectivity index (χ1v) is 9.19. The van der Waals surface area contributed by atoms with Gasteiger partial charge in [0.1, 0.15) is 11.4 Å². The van der Waals surface area contributed by atoms with E-state index in [9.17, 15) is 14.0 Å². The van der Waals surface area contributed by atoms with Crippen LogP contribution < -0.4 is 0 Å². The van der Waals surface area contributed by atoms with Crippen molar-refractivity contribution in [3.05, 3.63) is 40.7 Å². The lowest BCUT2D eigenvalue weighted by Crippen LogP contribution is -2.45. The van der Waals surface area contributed by atoms with Crippen molar-refractivity contribution in [2.24, 2.45) is 0 Å². The van der Waals surface area contributed by atoms with E-state index in [0.717, 1.165) is 38.3 Å². The smallest absolute Gasteiger partial charge is 0.348 e. The predicted molar refractivity (Wildman–Crippen MR) is 98.0 cm³/mol. The molecule has 0 N–H and O–H groups in total. The van der Waals surface area contributed by atoms with Gasteiger partial charge in [-0.1, -0.05) is 13.0 Å². The van der Waals surface area contributed by atoms with Gasteiger partial charge in [-0.05, 0) is 35.9 Å². The van der Waals surface area contributed by atoms with Crippen molar-refractivity contribution in [3.8, 4) is 0 Å². The van der Waals surface area contributed by atoms with Gasteiger partial charge in [0.2, 0.25) is 0 Å². The maximum absolute atomic E-state index is 13.8. The lowest BCUT2D eigenvalue weighted by atomic mass is 10.0. The molecule has 0 unspecified atom stereocenters. The first-order chi connectivity index (χ1) is 12.8. The van der Waals surface area contributed by atoms with Crippen LogP contribution >= 0.6 is 0 Å². The summed E-state index contributed by atoms with van der Waals surface area (Å²) in [5.74, 6) is -3.10. The minimum atomic E-state index is -1.28. The molecule has 0 atom stereocenters. The molecule has 7 heteroatoms. The molecule has 0 spiro atoms. The van der Waals surface area contributed by atoms with Gasteiger partial charge >= 0.3 is 11.9 Å². The molecule has 0 saturated carbocycles. The van der Waals surface area contributed by atoms with Crippen LogP contribution in [0.2, 0.25) is 0 Å². The average Bonchev–Trinajstić information content (AvgIpc) is 2.59. The molecule has 2 aliphatic rings. The Kier molecular flexibility index (Phi) is 5.62. The third-order valence-corrected chi connectivity index (χ3v) is 4.83. The van der Waals surface area contributed by atoms with Gasteiger partial charge in [0.15, 0.2) is 0 Å². The first-order valence-electron chi connectivity index (χ1n) is 9.19. The van der Waals surface area contributed by atoms with Crippen LogP contribution in [-0.4, -0.2) is 60.2 Å². The molecule has 6 nitrogen and oxygen atoms in total. The van der Waals surface area contributed by atoms with E-state index in [1.165, 1.54) is 32.1 Å². The summed E-state index contributed by atoms with van der Waals surface area (Å²) >= 11 is 0. The van der Waals surface area contributed by atoms with E-state index in [2.05, 4.69) is 16.7 Å². The molecule has 2 heterocycles. The number of halogens is 1. The van der Waals surface area contributed by atoms with Crippen LogP contribution in [0.3, 0.4) is 0 Å². The molecular formula is C20H25FN2O4. The molecule has 0 aromatic heterocycles. The highest BCUT2D eigenvalue weighted by Crippen LogP contribution is 2.26. The Bertz CT molecular complexity index is 745. The summed E-state index contributed by atoms with van der Waals surface area (Å²) in [6.45, 7) is 10.4. The van der Waals surface area contributed by atoms with Crippen molar-refractivity contribution < 1.29 is 23.5 Å². The van der Waals surface area contributed by atoms with Crippen LogP contribution in [0.5, 0.6) is 0 Å². The number of ether oxygens (including phenoxy) is 2. The summed E-state index contributed by atoms with van der Waals surface area (Å²) in [5, 5.41) is 0. The molecular weight excluding hydrogens is 351 g/mol. The van der Waals surface area contributed by atoms with Crippen LogP contribution in [0.4, 0.5) is 4.39 Å². The number of cyclic esters (lactones) is 2. The van der Waals surface area contributed by atoms with Gasteiger partial charge in [0.25, 0.3) is 5.79 Å². The third-order valence-electron chi connectivity index (χ3n) is 4.83. The van der Waals surface area contributed by atoms with Crippen molar-refractivity contribution in [1.29, 1.82) is 0 Å². The van der Waals surface area contributed by atoms with Gasteiger partial charge in [-0.3, -0.25) is 4.90 Å². The van der Waals surface area contributed by atoms with E-state index in [4.69, 9.17) is 9.47 Å². The molecule has 0 bridgehead atoms. The Balaban J connectivity index is 1.82. The monoisotopic (exact) mass is 376 g/mol. The van der Waals surface area contributed by atoms with Crippen LogP contribution in [0.25, 0.3) is 6.08 Å². The van der Waals surface area contributed by atoms with Gasteiger partial charge in [-0.15, -0.1) is 0 Å². The number of piperazine rings is 1. The van der Waals surface area contributed by atoms with Crippen molar-refractivity contribution in [2.45, 2.75) is 33.1 Å². The standard InChI is InChI=1S/C20H25FN2O4/c1-4-22-7-9-23(10-8-22)13-15-11-16(21)6-5-14(15)12-17-18(24)26-20(2,3)27-19(17)25/h5-6,11-12H,4,7-10,13H2,1-3H3. The second kappa shape index (κ2) is 7.78. The van der Waals surface area contributed by atoms with E-state index in [0.29, 0.717) is 12.1 Å². The fourth-order valence-corrected chi connectivity index (χ4v) is 3.29. The lowest BCUT2D eigenvalue weighted by Gasteiger charge is -2.34. The second-order valence-electron chi connectivity index (χ2n) is 7.29. The Morgan fingerprint density at radius 2 is 1.67 bits per heavy atom. The fourth-order valence-electron chi connectivity index (χ4n) is 3.29. The zero-order chi connectivity index (χ0) is 19.6. The predicted octanol–water partition coefficient (Wildman–Crippen LogP) is 2.18. The average molecular weight is 376 g/mol. The van der Waals surface area contributed by atoms with Crippen molar-refractivity contribution in [3.63, 3.8) is 0 Å². The number of benzene rings is 1. The normalized spacial score (nSPS) is 21.0. The summed E-state index contributed by atoms with van der Waals surface area (Å²) in [5.41, 5.74) is 1.15. The SMILES string of the molecule is CCN1CCN(Cc2cc(F)ccc2C=C2C(=O)OC(C)(C)OC2=O)CC1. The molecule has 0 radical (unpaired) electrons. The van der Waals surface area contributed by atoms with Gasteiger partial charge in [-0.25, -0.2) is 14.0 Å². The van der Waals surface area contributed by atoms with E-state index >= 15 is 0 Å². The van der Waals surface area contributed by atoms with Crippen molar-refractivity contribution >= 4 is 18.0 Å². The minimum Gasteiger partial charge on any atom is -0.419 e. The Labute approximate surface area is 158 Å². The maximum Gasteiger partial charge on any atom is 0.348 e. The molecule has 2 saturated heterocycles. The molecule has 2 aliphatic heterocycles. The number of rotatable bonds is 4. The molecule has 2 fully saturated rings. The Morgan fingerprint density at radius 1 is 1.07 bits per heavy atom. The van der Waals surface area contributed by atoms with Crippen LogP contribution in [0.1, 0.15) is 31.9 Å². The van der Waals surface area contributed by atoms with E-state index in [1.54, 1.807) is 6.07 Å². The van der Waals surface area contributed by atoms with Crippen molar-refractivity contribution in [1.82, 2.24) is 9.80 Å². The fraction of sp³-hybridized carbons (Fsp3) is 0.500. The summed E-state index contributed by atoms with van der Waals surface area (Å²) < 4.78 is 24.1. The number of nitrogens with zero attached hydrogens (tertiary/aromatic N) is 2. The van der Waals surface area contributed by atoms with Gasteiger partial charge in [0, 0.05) is 46.6 Å². The number of esters is 2. The largest absolute Gasteiger partial charge is 0.419 e. The lowest BCUT2D eigenvalue weighted by molar-refractivity contribution is -0.222. The van der Waals surface area contributed by atoms with E-state index in [-0.39, 0.29) is 11.4 Å². The third kappa shape index (κ3) is 4.73. The minimum absolute atomic E-state index is 0.182. The zero-order valence-corrected chi connectivity index (χ0v) is 16.0. The molecule has 0 amide bonds. The maximum atomic E-state index is 13.8. The summed E-state index contributed by atoms with van der Waals surface area (Å²) in [7, 11) is 0. The van der Waals surface area contributed by atoms with Gasteiger partial charge in [-0.2, -0.15) is 0 Å². The molecule has 1 aromatic rings. The number of likely N-dealkylation sites (N-methyl/N-ethyl adjacent to an activating group) is 1. The second-order valence-corrected chi connectivity index (χ2v) is 7.29. The summed E-state index contributed by atoms with van der Waals surface area (Å²) in [6, 6.07) is 4.33. The van der Waals surface area contributed by atoms with Crippen LogP contribution in [0, 0.1) is 5.82 Å². The summed E-state index contributed by atoms with van der Waals surface area (Å²) in [4.78, 5) is 29.0. The number of carbonyl (C=O) groups excluding carboxylic acids is 2. The number of hydrogen-bond donors (Lipinski definition) is 0. The number of carbonyl (C=O) groups is 2. The van der Waals surface area contributed by atoms with Gasteiger partial charge in [0.05, 0.1) is 0 Å². The topological polar surface area (TPSA) is 59.1 Å². The summed E-state index contributed by atoms with van der Waals surface area (Å²) in [6.07, 6.45) is 1.43. The Hall–Kier alpha value is -2.25. The highest BCUT2D eigenvalue weighted by atomic mass is 19.1. The Morgan fingerprint density at radius 3 is 2.26 bits per heavy atom. The molecule has 3 rings (SSSR count). The number of hydrogen-bond acceptors (Lipinski definition) is 6. The van der Waals surface area contributed by atoms with E-state index < -0.39 is 17.7 Å². The molecule has 0 aliphatic carbocycles. The highest BCUT2D eigenvalue weighted by molar-refractivity contribution is 6.18. The quantitative estimate of drug-likeness (QED) is 0.456. The van der Waals surface area contributed by atoms with E-state index in [1.807, 2.05) is 0 Å². The highest BCUT2D eigenvalue weighted by Gasteiger charge is 2.39. The molecule has 146 valence electrons. The van der Waals surface area contributed by atoms with Crippen LogP contribution in [0.15, 0.2) is 23.8 Å². The van der Waals surface area contributed by atoms with Gasteiger partial charge < -0.3 is 14.4 Å². The van der Waals surface area contributed by atoms with Crippen LogP contribution in [-0.2, 0) is 25.6 Å². The molecule has 27 heavy (non-hydrogen) atoms. The molecule has 1 aromatic carbocycles. The van der Waals surface area contributed by atoms with Crippen molar-refractivity contribution in [2.75, 3.05) is 32.7 Å². The zero-order valence-electron chi connectivity index (χ0n) is 16.0.